The van der Waals surface area contributed by atoms with E-state index in [0.717, 1.165) is 11.3 Å². The first kappa shape index (κ1) is 10.7. The van der Waals surface area contributed by atoms with Gasteiger partial charge in [0.25, 0.3) is 0 Å². The maximum Gasteiger partial charge on any atom is 0.185 e. The van der Waals surface area contributed by atoms with Crippen LogP contribution >= 0.6 is 0 Å². The minimum atomic E-state index is 0.0730. The number of nitrogens with zero attached hydrogens (tertiary/aromatic N) is 2. The molecule has 0 unspecified atom stereocenters. The van der Waals surface area contributed by atoms with E-state index in [2.05, 4.69) is 5.10 Å². The molecule has 4 nitrogen and oxygen atoms in total. The average molecular weight is 218 g/mol. The number of ketones is 1. The van der Waals surface area contributed by atoms with Crippen LogP contribution in [0.15, 0.2) is 29.1 Å². The van der Waals surface area contributed by atoms with Crippen molar-refractivity contribution in [1.29, 1.82) is 0 Å². The minimum Gasteiger partial charge on any atom is -0.472 e. The lowest BCUT2D eigenvalue weighted by Gasteiger charge is -2.02. The smallest absolute Gasteiger partial charge is 0.185 e. The zero-order valence-electron chi connectivity index (χ0n) is 9.43. The Kier molecular flexibility index (Phi) is 2.90. The standard InChI is InChI=1S/C12H14N2O2/c1-3-14-11(6-9(2)13-14)12(15)7-10-4-5-16-8-10/h4-6,8H,3,7H2,1-2H3. The summed E-state index contributed by atoms with van der Waals surface area (Å²) >= 11 is 0. The first-order valence-electron chi connectivity index (χ1n) is 5.29. The number of rotatable bonds is 4. The van der Waals surface area contributed by atoms with E-state index in [4.69, 9.17) is 4.42 Å². The molecule has 84 valence electrons. The Morgan fingerprint density at radius 1 is 1.56 bits per heavy atom. The Hall–Kier alpha value is -1.84. The van der Waals surface area contributed by atoms with Crippen LogP contribution in [0, 0.1) is 6.92 Å². The second-order valence-corrected chi connectivity index (χ2v) is 3.72. The molecule has 0 saturated carbocycles. The second-order valence-electron chi connectivity index (χ2n) is 3.72. The Morgan fingerprint density at radius 2 is 2.38 bits per heavy atom. The van der Waals surface area contributed by atoms with Crippen molar-refractivity contribution in [2.24, 2.45) is 0 Å². The van der Waals surface area contributed by atoms with Crippen molar-refractivity contribution >= 4 is 5.78 Å². The molecular formula is C12H14N2O2. The van der Waals surface area contributed by atoms with E-state index in [0.29, 0.717) is 18.7 Å². The number of carbonyl (C=O) groups excluding carboxylic acids is 1. The van der Waals surface area contributed by atoms with E-state index in [-0.39, 0.29) is 5.78 Å². The van der Waals surface area contributed by atoms with Crippen LogP contribution in [0.1, 0.15) is 28.7 Å². The van der Waals surface area contributed by atoms with Crippen molar-refractivity contribution in [3.8, 4) is 0 Å². The monoisotopic (exact) mass is 218 g/mol. The molecule has 0 saturated heterocycles. The predicted molar refractivity (Wildman–Crippen MR) is 59.4 cm³/mol. The molecule has 0 radical (unpaired) electrons. The Bertz CT molecular complexity index is 483. The molecular weight excluding hydrogens is 204 g/mol. The summed E-state index contributed by atoms with van der Waals surface area (Å²) in [7, 11) is 0. The Balaban J connectivity index is 2.20. The van der Waals surface area contributed by atoms with Crippen molar-refractivity contribution < 1.29 is 9.21 Å². The van der Waals surface area contributed by atoms with Gasteiger partial charge in [-0.25, -0.2) is 0 Å². The fourth-order valence-electron chi connectivity index (χ4n) is 1.68. The quantitative estimate of drug-likeness (QED) is 0.739. The first-order chi connectivity index (χ1) is 7.70. The minimum absolute atomic E-state index is 0.0730. The summed E-state index contributed by atoms with van der Waals surface area (Å²) < 4.78 is 6.67. The van der Waals surface area contributed by atoms with Gasteiger partial charge in [-0.15, -0.1) is 0 Å². The third-order valence-electron chi connectivity index (χ3n) is 2.43. The maximum absolute atomic E-state index is 12.0. The SMILES string of the molecule is CCn1nc(C)cc1C(=O)Cc1ccoc1. The van der Waals surface area contributed by atoms with Gasteiger partial charge in [0.2, 0.25) is 0 Å². The van der Waals surface area contributed by atoms with Crippen LogP contribution in [0.25, 0.3) is 0 Å². The average Bonchev–Trinajstić information content (AvgIpc) is 2.86. The molecule has 0 aliphatic rings. The van der Waals surface area contributed by atoms with Gasteiger partial charge in [-0.1, -0.05) is 0 Å². The molecule has 0 atom stereocenters. The van der Waals surface area contributed by atoms with Gasteiger partial charge in [0, 0.05) is 13.0 Å². The molecule has 0 aliphatic heterocycles. The Labute approximate surface area is 93.9 Å². The molecule has 16 heavy (non-hydrogen) atoms. The number of hydrogen-bond acceptors (Lipinski definition) is 3. The lowest BCUT2D eigenvalue weighted by molar-refractivity contribution is 0.0982. The van der Waals surface area contributed by atoms with E-state index < -0.39 is 0 Å². The lowest BCUT2D eigenvalue weighted by Crippen LogP contribution is -2.11. The summed E-state index contributed by atoms with van der Waals surface area (Å²) in [6.45, 7) is 4.57. The summed E-state index contributed by atoms with van der Waals surface area (Å²) in [4.78, 5) is 12.0. The van der Waals surface area contributed by atoms with Crippen molar-refractivity contribution in [3.63, 3.8) is 0 Å². The molecule has 0 bridgehead atoms. The van der Waals surface area contributed by atoms with Crippen molar-refractivity contribution in [2.45, 2.75) is 26.8 Å². The highest BCUT2D eigenvalue weighted by Gasteiger charge is 2.13. The van der Waals surface area contributed by atoms with Crippen LogP contribution < -0.4 is 0 Å². The van der Waals surface area contributed by atoms with Gasteiger partial charge in [0.15, 0.2) is 5.78 Å². The molecule has 2 rings (SSSR count). The first-order valence-corrected chi connectivity index (χ1v) is 5.29. The second kappa shape index (κ2) is 4.35. The van der Waals surface area contributed by atoms with Crippen LogP contribution in [0.4, 0.5) is 0 Å². The highest BCUT2D eigenvalue weighted by atomic mass is 16.3. The highest BCUT2D eigenvalue weighted by molar-refractivity contribution is 5.96. The third-order valence-corrected chi connectivity index (χ3v) is 2.43. The Morgan fingerprint density at radius 3 is 3.00 bits per heavy atom. The largest absolute Gasteiger partial charge is 0.472 e. The normalized spacial score (nSPS) is 10.6. The summed E-state index contributed by atoms with van der Waals surface area (Å²) in [5.74, 6) is 0.0730. The zero-order valence-corrected chi connectivity index (χ0v) is 9.43. The molecule has 0 N–H and O–H groups in total. The van der Waals surface area contributed by atoms with Crippen molar-refractivity contribution in [1.82, 2.24) is 9.78 Å². The number of Topliss-reactive ketones (excluding diaryl/α,β-unsaturated/α-hetero) is 1. The van der Waals surface area contributed by atoms with Crippen LogP contribution in [0.5, 0.6) is 0 Å². The van der Waals surface area contributed by atoms with Crippen LogP contribution in [0.2, 0.25) is 0 Å². The molecule has 0 amide bonds. The van der Waals surface area contributed by atoms with Gasteiger partial charge in [-0.05, 0) is 31.5 Å². The molecule has 2 aromatic heterocycles. The van der Waals surface area contributed by atoms with E-state index >= 15 is 0 Å². The van der Waals surface area contributed by atoms with Gasteiger partial charge < -0.3 is 4.42 Å². The van der Waals surface area contributed by atoms with Crippen LogP contribution in [-0.4, -0.2) is 15.6 Å². The van der Waals surface area contributed by atoms with Gasteiger partial charge in [0.05, 0.1) is 18.2 Å². The molecule has 2 aromatic rings. The fourth-order valence-corrected chi connectivity index (χ4v) is 1.68. The highest BCUT2D eigenvalue weighted by Crippen LogP contribution is 2.10. The van der Waals surface area contributed by atoms with Crippen LogP contribution in [0.3, 0.4) is 0 Å². The molecule has 0 aromatic carbocycles. The van der Waals surface area contributed by atoms with E-state index in [1.165, 1.54) is 0 Å². The van der Waals surface area contributed by atoms with Crippen molar-refractivity contribution in [2.75, 3.05) is 0 Å². The predicted octanol–water partition coefficient (Wildman–Crippen LogP) is 2.23. The van der Waals surface area contributed by atoms with E-state index in [1.54, 1.807) is 23.3 Å². The molecule has 4 heteroatoms. The molecule has 0 aliphatic carbocycles. The third kappa shape index (κ3) is 2.05. The maximum atomic E-state index is 12.0. The summed E-state index contributed by atoms with van der Waals surface area (Å²) in [5, 5.41) is 4.25. The number of aromatic nitrogens is 2. The zero-order chi connectivity index (χ0) is 11.5. The van der Waals surface area contributed by atoms with E-state index in [9.17, 15) is 4.79 Å². The van der Waals surface area contributed by atoms with Crippen LogP contribution in [-0.2, 0) is 13.0 Å². The molecule has 0 fully saturated rings. The topological polar surface area (TPSA) is 48.0 Å². The van der Waals surface area contributed by atoms with Gasteiger partial charge in [-0.2, -0.15) is 5.10 Å². The van der Waals surface area contributed by atoms with Gasteiger partial charge in [0.1, 0.15) is 5.69 Å². The summed E-state index contributed by atoms with van der Waals surface area (Å²) in [6, 6.07) is 3.63. The van der Waals surface area contributed by atoms with Gasteiger partial charge in [-0.3, -0.25) is 9.48 Å². The number of furan rings is 1. The summed E-state index contributed by atoms with van der Waals surface area (Å²) in [6.07, 6.45) is 3.53. The molecule has 0 spiro atoms. The number of aryl methyl sites for hydroxylation is 2. The molecule has 2 heterocycles. The number of hydrogen-bond donors (Lipinski definition) is 0. The van der Waals surface area contributed by atoms with Crippen molar-refractivity contribution in [3.05, 3.63) is 41.6 Å². The summed E-state index contributed by atoms with van der Waals surface area (Å²) in [5.41, 5.74) is 2.44. The van der Waals surface area contributed by atoms with E-state index in [1.807, 2.05) is 19.9 Å². The van der Waals surface area contributed by atoms with Gasteiger partial charge >= 0.3 is 0 Å². The number of carbonyl (C=O) groups is 1. The fraction of sp³-hybridized carbons (Fsp3) is 0.333. The lowest BCUT2D eigenvalue weighted by atomic mass is 10.1.